The van der Waals surface area contributed by atoms with Gasteiger partial charge in [-0.15, -0.1) is 5.10 Å². The number of nitrogens with two attached hydrogens (primary N) is 1. The zero-order valence-corrected chi connectivity index (χ0v) is 19.8. The van der Waals surface area contributed by atoms with E-state index in [0.717, 1.165) is 17.3 Å². The second-order valence-electron chi connectivity index (χ2n) is 8.20. The van der Waals surface area contributed by atoms with E-state index in [4.69, 9.17) is 15.9 Å². The zero-order chi connectivity index (χ0) is 27.8. The summed E-state index contributed by atoms with van der Waals surface area (Å²) in [6.45, 7) is 1.23. The average molecular weight is 532 g/mol. The number of halogens is 3. The number of nitrogens with zero attached hydrogens (tertiary/aromatic N) is 5. The quantitative estimate of drug-likeness (QED) is 0.304. The molecule has 0 saturated carbocycles. The second kappa shape index (κ2) is 12.6. The number of hydrogen-bond donors (Lipinski definition) is 3. The lowest BCUT2D eigenvalue weighted by Crippen LogP contribution is -2.41. The number of carbonyl (C=O) groups is 3. The smallest absolute Gasteiger partial charge is 0.328 e. The van der Waals surface area contributed by atoms with Gasteiger partial charge in [-0.25, -0.2) is 27.4 Å². The summed E-state index contributed by atoms with van der Waals surface area (Å²) in [5.74, 6) is -6.02. The molecule has 0 saturated heterocycles. The molecule has 200 valence electrons. The first-order valence-corrected chi connectivity index (χ1v) is 11.2. The molecule has 0 fully saturated rings. The third-order valence-electron chi connectivity index (χ3n) is 5.42. The van der Waals surface area contributed by atoms with Crippen LogP contribution in [0.2, 0.25) is 0 Å². The lowest BCUT2D eigenvalue weighted by molar-refractivity contribution is -0.134. The summed E-state index contributed by atoms with van der Waals surface area (Å²) in [6, 6.07) is 4.19. The summed E-state index contributed by atoms with van der Waals surface area (Å²) in [6.07, 6.45) is 4.32. The Bertz CT molecular complexity index is 1330. The van der Waals surface area contributed by atoms with Gasteiger partial charge in [-0.2, -0.15) is 0 Å². The summed E-state index contributed by atoms with van der Waals surface area (Å²) in [5, 5.41) is 24.0. The van der Waals surface area contributed by atoms with Crippen LogP contribution in [-0.2, 0) is 33.9 Å². The summed E-state index contributed by atoms with van der Waals surface area (Å²) < 4.78 is 42.0. The largest absolute Gasteiger partial charge is 0.478 e. The number of carboxylic acid groups (broad SMARTS) is 2. The van der Waals surface area contributed by atoms with Crippen molar-refractivity contribution >= 4 is 17.8 Å². The van der Waals surface area contributed by atoms with Gasteiger partial charge in [0, 0.05) is 55.2 Å². The third-order valence-corrected chi connectivity index (χ3v) is 5.42. The molecule has 14 heteroatoms. The van der Waals surface area contributed by atoms with Gasteiger partial charge in [-0.3, -0.25) is 9.78 Å². The molecule has 1 atom stereocenters. The van der Waals surface area contributed by atoms with Gasteiger partial charge in [0.25, 0.3) is 0 Å². The van der Waals surface area contributed by atoms with Crippen molar-refractivity contribution in [2.75, 3.05) is 6.54 Å². The molecule has 0 unspecified atom stereocenters. The molecule has 1 aliphatic heterocycles. The number of amides is 1. The van der Waals surface area contributed by atoms with E-state index < -0.39 is 35.4 Å². The van der Waals surface area contributed by atoms with E-state index in [0.29, 0.717) is 43.5 Å². The van der Waals surface area contributed by atoms with Crippen molar-refractivity contribution < 1.29 is 37.8 Å². The number of benzene rings is 1. The Morgan fingerprint density at radius 3 is 2.37 bits per heavy atom. The van der Waals surface area contributed by atoms with E-state index in [1.165, 1.54) is 0 Å². The minimum atomic E-state index is -1.26. The molecule has 1 aliphatic rings. The van der Waals surface area contributed by atoms with Gasteiger partial charge in [0.2, 0.25) is 5.91 Å². The fourth-order valence-corrected chi connectivity index (χ4v) is 3.65. The van der Waals surface area contributed by atoms with Crippen LogP contribution in [0.15, 0.2) is 48.8 Å². The van der Waals surface area contributed by atoms with Crippen LogP contribution in [0.1, 0.15) is 17.7 Å². The molecule has 2 aromatic heterocycles. The molecule has 0 spiro atoms. The maximum Gasteiger partial charge on any atom is 0.328 e. The highest BCUT2D eigenvalue weighted by atomic mass is 19.2. The van der Waals surface area contributed by atoms with Crippen molar-refractivity contribution in [2.45, 2.75) is 32.0 Å². The molecule has 0 aliphatic carbocycles. The van der Waals surface area contributed by atoms with Crippen LogP contribution in [0.4, 0.5) is 13.2 Å². The van der Waals surface area contributed by atoms with E-state index in [-0.39, 0.29) is 24.3 Å². The molecule has 11 nitrogen and oxygen atoms in total. The Morgan fingerprint density at radius 1 is 1.05 bits per heavy atom. The Kier molecular flexibility index (Phi) is 9.27. The summed E-state index contributed by atoms with van der Waals surface area (Å²) in [4.78, 5) is 37.6. The van der Waals surface area contributed by atoms with Crippen LogP contribution in [0.3, 0.4) is 0 Å². The van der Waals surface area contributed by atoms with E-state index in [1.807, 2.05) is 6.07 Å². The number of hydrogen-bond acceptors (Lipinski definition) is 7. The molecule has 1 aromatic carbocycles. The Hall–Kier alpha value is -4.59. The molecule has 4 N–H and O–H groups in total. The summed E-state index contributed by atoms with van der Waals surface area (Å²) in [7, 11) is 0. The molecule has 0 radical (unpaired) electrons. The van der Waals surface area contributed by atoms with Crippen molar-refractivity contribution in [1.82, 2.24) is 24.9 Å². The molecule has 0 bridgehead atoms. The normalized spacial score (nSPS) is 13.4. The minimum absolute atomic E-state index is 0.0533. The monoisotopic (exact) mass is 532 g/mol. The first-order valence-electron chi connectivity index (χ1n) is 11.2. The van der Waals surface area contributed by atoms with Gasteiger partial charge < -0.3 is 20.8 Å². The number of aliphatic carboxylic acids is 2. The van der Waals surface area contributed by atoms with Gasteiger partial charge in [0.15, 0.2) is 11.6 Å². The predicted octanol–water partition coefficient (Wildman–Crippen LogP) is 1.77. The maximum absolute atomic E-state index is 13.8. The fourth-order valence-electron chi connectivity index (χ4n) is 3.65. The second-order valence-corrected chi connectivity index (χ2v) is 8.20. The number of aromatic nitrogens is 4. The highest BCUT2D eigenvalue weighted by Crippen LogP contribution is 2.24. The van der Waals surface area contributed by atoms with Crippen molar-refractivity contribution in [3.05, 3.63) is 77.5 Å². The predicted molar refractivity (Wildman–Crippen MR) is 126 cm³/mol. The van der Waals surface area contributed by atoms with E-state index in [9.17, 15) is 27.6 Å². The Morgan fingerprint density at radius 2 is 1.74 bits per heavy atom. The lowest BCUT2D eigenvalue weighted by atomic mass is 10.0. The van der Waals surface area contributed by atoms with Crippen molar-refractivity contribution in [3.8, 4) is 11.3 Å². The molecular weight excluding hydrogens is 509 g/mol. The molecule has 1 amide bonds. The summed E-state index contributed by atoms with van der Waals surface area (Å²) in [5.41, 5.74) is 8.20. The maximum atomic E-state index is 13.8. The van der Waals surface area contributed by atoms with Crippen LogP contribution in [0, 0.1) is 17.5 Å². The van der Waals surface area contributed by atoms with E-state index >= 15 is 0 Å². The number of carbonyl (C=O) groups excluding carboxylic acids is 1. The van der Waals surface area contributed by atoms with Crippen molar-refractivity contribution in [3.63, 3.8) is 0 Å². The van der Waals surface area contributed by atoms with E-state index in [1.54, 1.807) is 28.0 Å². The summed E-state index contributed by atoms with van der Waals surface area (Å²) >= 11 is 0. The average Bonchev–Trinajstić information content (AvgIpc) is 3.30. The third kappa shape index (κ3) is 7.46. The fraction of sp³-hybridized carbons (Fsp3) is 0.250. The lowest BCUT2D eigenvalue weighted by Gasteiger charge is -2.28. The highest BCUT2D eigenvalue weighted by molar-refractivity contribution is 5.89. The minimum Gasteiger partial charge on any atom is -0.478 e. The Labute approximate surface area is 214 Å². The first kappa shape index (κ1) is 28.0. The standard InChI is InChI=1S/C20H19F3N6O.C4H4O4/c21-15-9-17(23)16(22)7-13(15)6-14(24)8-19(30)28-4-5-29-18(11-28)20(26-27-29)12-2-1-3-25-10-12;5-3(6)1-2-4(7)8/h1-3,7,9-10,14H,4-6,8,11,24H2;1-2H,(H,5,6)(H,7,8)/b;2-1+/t14-;/m1./s1. The SMILES string of the molecule is N[C@@H](CC(=O)N1CCn2nnc(-c3cccnc3)c2C1)Cc1cc(F)c(F)cc1F.O=C(O)/C=C/C(=O)O. The van der Waals surface area contributed by atoms with Crippen LogP contribution in [0.5, 0.6) is 0 Å². The van der Waals surface area contributed by atoms with E-state index in [2.05, 4.69) is 15.3 Å². The van der Waals surface area contributed by atoms with Crippen LogP contribution in [0.25, 0.3) is 11.3 Å². The molecular formula is C24H23F3N6O5. The first-order chi connectivity index (χ1) is 18.0. The Balaban J connectivity index is 0.000000436. The number of rotatable bonds is 7. The van der Waals surface area contributed by atoms with Crippen LogP contribution in [-0.4, -0.2) is 65.5 Å². The van der Waals surface area contributed by atoms with Gasteiger partial charge in [0.05, 0.1) is 18.8 Å². The van der Waals surface area contributed by atoms with Crippen molar-refractivity contribution in [2.24, 2.45) is 5.73 Å². The van der Waals surface area contributed by atoms with Gasteiger partial charge >= 0.3 is 11.9 Å². The van der Waals surface area contributed by atoms with Crippen molar-refractivity contribution in [1.29, 1.82) is 0 Å². The molecule has 3 heterocycles. The van der Waals surface area contributed by atoms with Crippen LogP contribution >= 0.6 is 0 Å². The number of fused-ring (bicyclic) bond motifs is 1. The zero-order valence-electron chi connectivity index (χ0n) is 19.8. The van der Waals surface area contributed by atoms with Gasteiger partial charge in [-0.1, -0.05) is 5.21 Å². The molecule has 38 heavy (non-hydrogen) atoms. The molecule has 4 rings (SSSR count). The number of pyridine rings is 1. The van der Waals surface area contributed by atoms with Crippen LogP contribution < -0.4 is 5.73 Å². The molecule has 3 aromatic rings. The van der Waals surface area contributed by atoms with Gasteiger partial charge in [0.1, 0.15) is 11.5 Å². The highest BCUT2D eigenvalue weighted by Gasteiger charge is 2.27. The van der Waals surface area contributed by atoms with Gasteiger partial charge in [-0.05, 0) is 30.2 Å². The topological polar surface area (TPSA) is 165 Å². The number of carboxylic acids is 2.